The van der Waals surface area contributed by atoms with Crippen molar-refractivity contribution in [3.8, 4) is 0 Å². The molecule has 0 saturated carbocycles. The Morgan fingerprint density at radius 1 is 1.19 bits per heavy atom. The third-order valence-electron chi connectivity index (χ3n) is 5.70. The van der Waals surface area contributed by atoms with Gasteiger partial charge in [0.25, 0.3) is 0 Å². The molecule has 0 aromatic rings. The van der Waals surface area contributed by atoms with Crippen molar-refractivity contribution in [3.63, 3.8) is 0 Å². The van der Waals surface area contributed by atoms with Crippen LogP contribution in [-0.2, 0) is 14.6 Å². The van der Waals surface area contributed by atoms with Gasteiger partial charge in [0.15, 0.2) is 9.84 Å². The molecule has 2 aliphatic rings. The van der Waals surface area contributed by atoms with Gasteiger partial charge in [0, 0.05) is 19.5 Å². The van der Waals surface area contributed by atoms with E-state index in [1.807, 2.05) is 4.90 Å². The number of piperidine rings is 1. The maximum absolute atomic E-state index is 12.4. The zero-order valence-electron chi connectivity index (χ0n) is 13.4. The minimum absolute atomic E-state index is 0.0419. The molecule has 0 spiro atoms. The van der Waals surface area contributed by atoms with Crippen molar-refractivity contribution >= 4 is 15.7 Å². The predicted octanol–water partition coefficient (Wildman–Crippen LogP) is 2.63. The molecule has 0 radical (unpaired) electrons. The van der Waals surface area contributed by atoms with E-state index in [1.54, 1.807) is 0 Å². The second-order valence-electron chi connectivity index (χ2n) is 6.91. The number of carbonyl (C=O) groups excluding carboxylic acids is 1. The molecule has 0 N–H and O–H groups in total. The van der Waals surface area contributed by atoms with E-state index in [-0.39, 0.29) is 17.6 Å². The number of hydrogen-bond acceptors (Lipinski definition) is 3. The van der Waals surface area contributed by atoms with E-state index in [4.69, 9.17) is 0 Å². The minimum Gasteiger partial charge on any atom is -0.343 e. The average molecular weight is 315 g/mol. The van der Waals surface area contributed by atoms with E-state index in [0.29, 0.717) is 17.6 Å². The molecule has 2 saturated heterocycles. The van der Waals surface area contributed by atoms with Crippen LogP contribution in [0.1, 0.15) is 58.8 Å². The lowest BCUT2D eigenvalue weighted by molar-refractivity contribution is -0.134. The Balaban J connectivity index is 1.85. The molecule has 2 aliphatic heterocycles. The van der Waals surface area contributed by atoms with Crippen LogP contribution in [0.2, 0.25) is 0 Å². The molecule has 5 heteroatoms. The first-order chi connectivity index (χ1) is 9.90. The number of amides is 1. The van der Waals surface area contributed by atoms with Gasteiger partial charge in [-0.25, -0.2) is 8.42 Å². The summed E-state index contributed by atoms with van der Waals surface area (Å²) in [6, 6.07) is 0. The van der Waals surface area contributed by atoms with Crippen LogP contribution in [0.25, 0.3) is 0 Å². The Morgan fingerprint density at radius 3 is 2.33 bits per heavy atom. The molecule has 1 atom stereocenters. The highest BCUT2D eigenvalue weighted by atomic mass is 32.2. The molecule has 122 valence electrons. The lowest BCUT2D eigenvalue weighted by atomic mass is 9.74. The Morgan fingerprint density at radius 2 is 1.81 bits per heavy atom. The van der Waals surface area contributed by atoms with E-state index in [0.717, 1.165) is 38.8 Å². The van der Waals surface area contributed by atoms with Gasteiger partial charge in [0.1, 0.15) is 0 Å². The van der Waals surface area contributed by atoms with E-state index < -0.39 is 9.84 Å². The van der Waals surface area contributed by atoms with Gasteiger partial charge < -0.3 is 4.90 Å². The molecule has 2 rings (SSSR count). The van der Waals surface area contributed by atoms with Crippen LogP contribution >= 0.6 is 0 Å². The van der Waals surface area contributed by atoms with Crippen LogP contribution in [0.5, 0.6) is 0 Å². The topological polar surface area (TPSA) is 54.5 Å². The highest BCUT2D eigenvalue weighted by Crippen LogP contribution is 2.38. The Bertz CT molecular complexity index is 458. The summed E-state index contributed by atoms with van der Waals surface area (Å²) >= 11 is 0. The normalized spacial score (nSPS) is 28.3. The van der Waals surface area contributed by atoms with Crippen molar-refractivity contribution in [3.05, 3.63) is 0 Å². The fourth-order valence-corrected chi connectivity index (χ4v) is 5.62. The zero-order valence-corrected chi connectivity index (χ0v) is 14.3. The van der Waals surface area contributed by atoms with Crippen molar-refractivity contribution in [2.45, 2.75) is 58.8 Å². The van der Waals surface area contributed by atoms with E-state index in [2.05, 4.69) is 13.8 Å². The molecule has 0 aromatic heterocycles. The maximum atomic E-state index is 12.4. The highest BCUT2D eigenvalue weighted by molar-refractivity contribution is 7.91. The van der Waals surface area contributed by atoms with Crippen LogP contribution in [-0.4, -0.2) is 43.8 Å². The summed E-state index contributed by atoms with van der Waals surface area (Å²) in [6.07, 6.45) is 6.58. The number of sulfone groups is 1. The minimum atomic E-state index is -2.91. The summed E-state index contributed by atoms with van der Waals surface area (Å²) < 4.78 is 23.3. The number of hydrogen-bond donors (Lipinski definition) is 0. The molecule has 2 heterocycles. The van der Waals surface area contributed by atoms with Gasteiger partial charge in [-0.2, -0.15) is 0 Å². The second-order valence-corrected chi connectivity index (χ2v) is 9.14. The quantitative estimate of drug-likeness (QED) is 0.801. The first-order valence-electron chi connectivity index (χ1n) is 8.38. The van der Waals surface area contributed by atoms with Crippen molar-refractivity contribution in [1.82, 2.24) is 4.90 Å². The fraction of sp³-hybridized carbons (Fsp3) is 0.938. The predicted molar refractivity (Wildman–Crippen MR) is 84.8 cm³/mol. The maximum Gasteiger partial charge on any atom is 0.222 e. The summed E-state index contributed by atoms with van der Waals surface area (Å²) in [7, 11) is -2.91. The Kier molecular flexibility index (Phi) is 5.33. The third kappa shape index (κ3) is 4.21. The lowest BCUT2D eigenvalue weighted by Crippen LogP contribution is -2.43. The molecular formula is C16H29NO3S. The molecule has 21 heavy (non-hydrogen) atoms. The highest BCUT2D eigenvalue weighted by Gasteiger charge is 2.34. The number of likely N-dealkylation sites (tertiary alicyclic amines) is 1. The standard InChI is InChI=1S/C16H29NO3S/c1-3-16(4-2)7-9-17(10-8-16)15(18)12-14-6-5-11-21(19,20)13-14/h14H,3-13H2,1-2H3. The number of carbonyl (C=O) groups is 1. The summed E-state index contributed by atoms with van der Waals surface area (Å²) in [5, 5.41) is 0. The van der Waals surface area contributed by atoms with Crippen molar-refractivity contribution in [1.29, 1.82) is 0 Å². The van der Waals surface area contributed by atoms with Crippen LogP contribution in [0, 0.1) is 11.3 Å². The van der Waals surface area contributed by atoms with Gasteiger partial charge in [0.2, 0.25) is 5.91 Å². The fourth-order valence-electron chi connectivity index (χ4n) is 3.84. The molecule has 1 amide bonds. The van der Waals surface area contributed by atoms with Gasteiger partial charge in [-0.15, -0.1) is 0 Å². The average Bonchev–Trinajstić information content (AvgIpc) is 2.46. The third-order valence-corrected chi connectivity index (χ3v) is 7.59. The SMILES string of the molecule is CCC1(CC)CCN(C(=O)CC2CCCS(=O)(=O)C2)CC1. The Hall–Kier alpha value is -0.580. The van der Waals surface area contributed by atoms with Crippen molar-refractivity contribution in [2.75, 3.05) is 24.6 Å². The molecule has 0 aromatic carbocycles. The lowest BCUT2D eigenvalue weighted by Gasteiger charge is -2.41. The zero-order chi connectivity index (χ0) is 15.5. The second kappa shape index (κ2) is 6.67. The molecule has 2 fully saturated rings. The smallest absolute Gasteiger partial charge is 0.222 e. The van der Waals surface area contributed by atoms with Crippen LogP contribution in [0.4, 0.5) is 0 Å². The van der Waals surface area contributed by atoms with Crippen molar-refractivity contribution < 1.29 is 13.2 Å². The summed E-state index contributed by atoms with van der Waals surface area (Å²) in [5.74, 6) is 0.718. The first-order valence-corrected chi connectivity index (χ1v) is 10.2. The largest absolute Gasteiger partial charge is 0.343 e. The van der Waals surface area contributed by atoms with Crippen LogP contribution in [0.3, 0.4) is 0 Å². The van der Waals surface area contributed by atoms with E-state index in [1.165, 1.54) is 12.8 Å². The van der Waals surface area contributed by atoms with Crippen LogP contribution in [0.15, 0.2) is 0 Å². The Labute approximate surface area is 129 Å². The van der Waals surface area contributed by atoms with E-state index >= 15 is 0 Å². The molecular weight excluding hydrogens is 286 g/mol. The molecule has 0 bridgehead atoms. The summed E-state index contributed by atoms with van der Waals surface area (Å²) in [6.45, 7) is 6.18. The summed E-state index contributed by atoms with van der Waals surface area (Å²) in [5.41, 5.74) is 0.422. The van der Waals surface area contributed by atoms with Gasteiger partial charge in [-0.05, 0) is 37.0 Å². The number of rotatable bonds is 4. The van der Waals surface area contributed by atoms with Gasteiger partial charge in [-0.3, -0.25) is 4.79 Å². The monoisotopic (exact) mass is 315 g/mol. The van der Waals surface area contributed by atoms with Crippen molar-refractivity contribution in [2.24, 2.45) is 11.3 Å². The summed E-state index contributed by atoms with van der Waals surface area (Å²) in [4.78, 5) is 14.4. The first kappa shape index (κ1) is 16.8. The van der Waals surface area contributed by atoms with Gasteiger partial charge >= 0.3 is 0 Å². The molecule has 4 nitrogen and oxygen atoms in total. The number of nitrogens with zero attached hydrogens (tertiary/aromatic N) is 1. The van der Waals surface area contributed by atoms with Crippen LogP contribution < -0.4 is 0 Å². The molecule has 0 aliphatic carbocycles. The molecule has 1 unspecified atom stereocenters. The van der Waals surface area contributed by atoms with E-state index in [9.17, 15) is 13.2 Å². The van der Waals surface area contributed by atoms with Gasteiger partial charge in [-0.1, -0.05) is 26.7 Å². The van der Waals surface area contributed by atoms with Gasteiger partial charge in [0.05, 0.1) is 11.5 Å².